The van der Waals surface area contributed by atoms with Crippen LogP contribution in [0, 0.1) is 11.3 Å². The molecule has 7 nitrogen and oxygen atoms in total. The van der Waals surface area contributed by atoms with Crippen LogP contribution in [-0.4, -0.2) is 57.2 Å². The first kappa shape index (κ1) is 18.1. The third-order valence-corrected chi connectivity index (χ3v) is 6.06. The van der Waals surface area contributed by atoms with Crippen LogP contribution in [0.25, 0.3) is 11.4 Å². The number of tetrazole rings is 1. The summed E-state index contributed by atoms with van der Waals surface area (Å²) in [6, 6.07) is 9.34. The molecule has 0 aliphatic carbocycles. The Morgan fingerprint density at radius 2 is 1.89 bits per heavy atom. The van der Waals surface area contributed by atoms with Crippen LogP contribution in [0.15, 0.2) is 30.3 Å². The molecule has 2 saturated heterocycles. The number of carbonyl (C=O) groups is 1. The van der Waals surface area contributed by atoms with Crippen LogP contribution in [0.1, 0.15) is 39.2 Å². The van der Waals surface area contributed by atoms with E-state index in [4.69, 9.17) is 0 Å². The number of likely N-dealkylation sites (tertiary alicyclic amines) is 1. The summed E-state index contributed by atoms with van der Waals surface area (Å²) in [5, 5.41) is 16.4. The monoisotopic (exact) mass is 368 g/mol. The van der Waals surface area contributed by atoms with Gasteiger partial charge in [-0.2, -0.15) is 4.80 Å². The number of rotatable bonds is 4. The van der Waals surface area contributed by atoms with E-state index in [1.807, 2.05) is 49.1 Å². The number of carbonyl (C=O) groups excluding carboxylic acids is 1. The molecule has 0 saturated carbocycles. The highest BCUT2D eigenvalue weighted by atomic mass is 16.2. The topological polar surface area (TPSA) is 75.9 Å². The van der Waals surface area contributed by atoms with Crippen molar-refractivity contribution in [3.63, 3.8) is 0 Å². The Bertz CT molecular complexity index is 771. The molecular weight excluding hydrogens is 340 g/mol. The van der Waals surface area contributed by atoms with E-state index in [9.17, 15) is 4.79 Å². The lowest BCUT2D eigenvalue weighted by molar-refractivity contribution is -0.139. The maximum atomic E-state index is 13.3. The van der Waals surface area contributed by atoms with Gasteiger partial charge >= 0.3 is 0 Å². The Morgan fingerprint density at radius 1 is 1.15 bits per heavy atom. The molecule has 144 valence electrons. The number of nitrogens with zero attached hydrogens (tertiary/aromatic N) is 5. The van der Waals surface area contributed by atoms with E-state index in [-0.39, 0.29) is 11.8 Å². The fourth-order valence-electron chi connectivity index (χ4n) is 4.31. The van der Waals surface area contributed by atoms with Crippen molar-refractivity contribution in [2.75, 3.05) is 26.2 Å². The summed E-state index contributed by atoms with van der Waals surface area (Å²) >= 11 is 0. The predicted molar refractivity (Wildman–Crippen MR) is 103 cm³/mol. The lowest BCUT2D eigenvalue weighted by Crippen LogP contribution is -2.47. The van der Waals surface area contributed by atoms with Crippen LogP contribution in [0.4, 0.5) is 0 Å². The van der Waals surface area contributed by atoms with Crippen molar-refractivity contribution >= 4 is 5.91 Å². The van der Waals surface area contributed by atoms with E-state index >= 15 is 0 Å². The molecule has 1 aromatic carbocycles. The lowest BCUT2D eigenvalue weighted by atomic mass is 9.77. The highest BCUT2D eigenvalue weighted by Crippen LogP contribution is 2.37. The normalized spacial score (nSPS) is 20.3. The van der Waals surface area contributed by atoms with Crippen LogP contribution < -0.4 is 5.32 Å². The number of amides is 1. The van der Waals surface area contributed by atoms with Gasteiger partial charge < -0.3 is 10.2 Å². The number of benzene rings is 1. The summed E-state index contributed by atoms with van der Waals surface area (Å²) < 4.78 is 0. The average molecular weight is 368 g/mol. The number of hydrogen-bond acceptors (Lipinski definition) is 5. The summed E-state index contributed by atoms with van der Waals surface area (Å²) in [6.07, 6.45) is 3.39. The molecule has 2 aliphatic heterocycles. The van der Waals surface area contributed by atoms with E-state index in [1.54, 1.807) is 0 Å². The number of hydrogen-bond donors (Lipinski definition) is 1. The largest absolute Gasteiger partial charge is 0.341 e. The number of aromatic nitrogens is 4. The van der Waals surface area contributed by atoms with Gasteiger partial charge in [0.15, 0.2) is 6.04 Å². The van der Waals surface area contributed by atoms with Gasteiger partial charge in [-0.05, 0) is 42.4 Å². The van der Waals surface area contributed by atoms with Gasteiger partial charge in [0.1, 0.15) is 0 Å². The molecule has 3 heterocycles. The van der Waals surface area contributed by atoms with Gasteiger partial charge in [0.05, 0.1) is 0 Å². The Morgan fingerprint density at radius 3 is 2.52 bits per heavy atom. The second-order valence-electron chi connectivity index (χ2n) is 8.24. The van der Waals surface area contributed by atoms with Gasteiger partial charge in [0.2, 0.25) is 11.7 Å². The first-order valence-electron chi connectivity index (χ1n) is 9.92. The molecule has 4 rings (SSSR count). The molecule has 1 unspecified atom stereocenters. The van der Waals surface area contributed by atoms with Crippen LogP contribution in [0.3, 0.4) is 0 Å². The standard InChI is InChI=1S/C20H28N6O/c1-15(2)17(26-23-18(22-24-26)16-6-4-3-5-7-16)19(27)25-12-9-20(10-13-25)8-11-21-14-20/h3-7,15,17,21H,8-14H2,1-2H3. The molecule has 2 fully saturated rings. The van der Waals surface area contributed by atoms with Gasteiger partial charge in [-0.3, -0.25) is 4.79 Å². The quantitative estimate of drug-likeness (QED) is 0.895. The average Bonchev–Trinajstić information content (AvgIpc) is 3.33. The fraction of sp³-hybridized carbons (Fsp3) is 0.600. The van der Waals surface area contributed by atoms with Crippen molar-refractivity contribution in [3.8, 4) is 11.4 Å². The smallest absolute Gasteiger partial charge is 0.249 e. The van der Waals surface area contributed by atoms with Gasteiger partial charge in [0.25, 0.3) is 0 Å². The summed E-state index contributed by atoms with van der Waals surface area (Å²) in [6.45, 7) is 7.93. The van der Waals surface area contributed by atoms with E-state index in [0.717, 1.165) is 44.6 Å². The number of piperidine rings is 1. The van der Waals surface area contributed by atoms with Crippen molar-refractivity contribution < 1.29 is 4.79 Å². The van der Waals surface area contributed by atoms with Crippen molar-refractivity contribution in [1.82, 2.24) is 30.4 Å². The summed E-state index contributed by atoms with van der Waals surface area (Å²) in [4.78, 5) is 16.8. The molecule has 1 spiro atoms. The molecular formula is C20H28N6O. The number of nitrogens with one attached hydrogen (secondary N) is 1. The zero-order valence-corrected chi connectivity index (χ0v) is 16.1. The Kier molecular flexibility index (Phi) is 4.95. The SMILES string of the molecule is CC(C)C(C(=O)N1CCC2(CCNC2)CC1)n1nnc(-c2ccccc2)n1. The minimum Gasteiger partial charge on any atom is -0.341 e. The van der Waals surface area contributed by atoms with E-state index in [2.05, 4.69) is 20.7 Å². The minimum atomic E-state index is -0.411. The Balaban J connectivity index is 1.50. The molecule has 1 N–H and O–H groups in total. The molecule has 0 radical (unpaired) electrons. The maximum Gasteiger partial charge on any atom is 0.249 e. The second kappa shape index (κ2) is 7.38. The zero-order chi connectivity index (χ0) is 18.9. The van der Waals surface area contributed by atoms with Crippen molar-refractivity contribution in [2.45, 2.75) is 39.2 Å². The highest BCUT2D eigenvalue weighted by Gasteiger charge is 2.40. The molecule has 2 aliphatic rings. The summed E-state index contributed by atoms with van der Waals surface area (Å²) in [5.74, 6) is 0.769. The van der Waals surface area contributed by atoms with Crippen molar-refractivity contribution in [2.24, 2.45) is 11.3 Å². The van der Waals surface area contributed by atoms with E-state index in [0.29, 0.717) is 11.2 Å². The van der Waals surface area contributed by atoms with Crippen LogP contribution >= 0.6 is 0 Å². The fourth-order valence-corrected chi connectivity index (χ4v) is 4.31. The first-order chi connectivity index (χ1) is 13.1. The third-order valence-electron chi connectivity index (χ3n) is 6.06. The van der Waals surface area contributed by atoms with Crippen LogP contribution in [-0.2, 0) is 4.79 Å². The molecule has 1 atom stereocenters. The second-order valence-corrected chi connectivity index (χ2v) is 8.24. The van der Waals surface area contributed by atoms with Crippen molar-refractivity contribution in [1.29, 1.82) is 0 Å². The molecule has 2 aromatic rings. The van der Waals surface area contributed by atoms with Gasteiger partial charge in [0, 0.05) is 25.2 Å². The summed E-state index contributed by atoms with van der Waals surface area (Å²) in [7, 11) is 0. The molecule has 0 bridgehead atoms. The van der Waals surface area contributed by atoms with E-state index in [1.165, 1.54) is 11.2 Å². The predicted octanol–water partition coefficient (Wildman–Crippen LogP) is 2.14. The molecule has 27 heavy (non-hydrogen) atoms. The van der Waals surface area contributed by atoms with Gasteiger partial charge in [-0.1, -0.05) is 44.2 Å². The summed E-state index contributed by atoms with van der Waals surface area (Å²) in [5.41, 5.74) is 1.31. The molecule has 1 amide bonds. The molecule has 1 aromatic heterocycles. The highest BCUT2D eigenvalue weighted by molar-refractivity contribution is 5.80. The van der Waals surface area contributed by atoms with Crippen LogP contribution in [0.2, 0.25) is 0 Å². The van der Waals surface area contributed by atoms with E-state index < -0.39 is 6.04 Å². The Labute approximate surface area is 160 Å². The zero-order valence-electron chi connectivity index (χ0n) is 16.1. The lowest BCUT2D eigenvalue weighted by Gasteiger charge is -2.40. The maximum absolute atomic E-state index is 13.3. The van der Waals surface area contributed by atoms with Gasteiger partial charge in [-0.25, -0.2) is 0 Å². The minimum absolute atomic E-state index is 0.0966. The first-order valence-corrected chi connectivity index (χ1v) is 9.92. The third kappa shape index (κ3) is 3.60. The van der Waals surface area contributed by atoms with Crippen LogP contribution in [0.5, 0.6) is 0 Å². The van der Waals surface area contributed by atoms with Crippen molar-refractivity contribution in [3.05, 3.63) is 30.3 Å². The Hall–Kier alpha value is -2.28. The van der Waals surface area contributed by atoms with Gasteiger partial charge in [-0.15, -0.1) is 10.2 Å². The molecule has 7 heteroatoms.